The minimum Gasteiger partial charge on any atom is -0.456 e. The van der Waals surface area contributed by atoms with Gasteiger partial charge in [-0.15, -0.1) is 11.3 Å². The van der Waals surface area contributed by atoms with Crippen LogP contribution in [0.3, 0.4) is 0 Å². The highest BCUT2D eigenvalue weighted by Crippen LogP contribution is 2.45. The van der Waals surface area contributed by atoms with E-state index in [0.717, 1.165) is 39.0 Å². The second-order valence-corrected chi connectivity index (χ2v) is 13.5. The molecule has 2 heterocycles. The minimum atomic E-state index is 0.914. The quantitative estimate of drug-likeness (QED) is 0.186. The van der Waals surface area contributed by atoms with E-state index in [4.69, 9.17) is 4.42 Å². The first-order valence-electron chi connectivity index (χ1n) is 16.6. The summed E-state index contributed by atoms with van der Waals surface area (Å²) in [4.78, 5) is 2.39. The Balaban J connectivity index is 1.15. The van der Waals surface area contributed by atoms with Gasteiger partial charge in [-0.05, 0) is 76.0 Å². The van der Waals surface area contributed by atoms with Gasteiger partial charge < -0.3 is 9.32 Å². The highest BCUT2D eigenvalue weighted by atomic mass is 32.1. The topological polar surface area (TPSA) is 16.4 Å². The van der Waals surface area contributed by atoms with Crippen LogP contribution in [0.25, 0.3) is 75.1 Å². The Labute approximate surface area is 287 Å². The summed E-state index contributed by atoms with van der Waals surface area (Å²) in [6.45, 7) is 0. The van der Waals surface area contributed by atoms with Gasteiger partial charge in [0.2, 0.25) is 0 Å². The normalized spacial score (nSPS) is 11.7. The van der Waals surface area contributed by atoms with Crippen molar-refractivity contribution in [3.63, 3.8) is 0 Å². The first kappa shape index (κ1) is 27.9. The summed E-state index contributed by atoms with van der Waals surface area (Å²) in [5.41, 5.74) is 10.0. The maximum absolute atomic E-state index is 6.22. The molecule has 0 saturated carbocycles. The molecule has 10 aromatic rings. The Bertz CT molecular complexity index is 2830. The SMILES string of the molecule is c1ccc(-c2ccccc2N(c2ccc(-c3cccc4c3sc3ccccc34)cc2)c2ccc3c(ccc4oc5ccccc5c43)c2)cc1. The van der Waals surface area contributed by atoms with E-state index in [2.05, 4.69) is 169 Å². The van der Waals surface area contributed by atoms with Gasteiger partial charge in [0.15, 0.2) is 0 Å². The van der Waals surface area contributed by atoms with Gasteiger partial charge in [0, 0.05) is 47.9 Å². The molecule has 3 heteroatoms. The van der Waals surface area contributed by atoms with Crippen LogP contribution in [0.5, 0.6) is 0 Å². The number of fused-ring (bicyclic) bond motifs is 8. The molecule has 2 nitrogen and oxygen atoms in total. The van der Waals surface area contributed by atoms with Gasteiger partial charge in [-0.1, -0.05) is 127 Å². The van der Waals surface area contributed by atoms with Gasteiger partial charge in [0.25, 0.3) is 0 Å². The number of furan rings is 1. The summed E-state index contributed by atoms with van der Waals surface area (Å²) in [5.74, 6) is 0. The molecule has 0 aliphatic carbocycles. The summed E-state index contributed by atoms with van der Waals surface area (Å²) < 4.78 is 8.87. The second-order valence-electron chi connectivity index (χ2n) is 12.5. The Morgan fingerprint density at radius 3 is 2.02 bits per heavy atom. The van der Waals surface area contributed by atoms with Gasteiger partial charge in [0.05, 0.1) is 5.69 Å². The molecule has 0 radical (unpaired) electrons. The fraction of sp³-hybridized carbons (Fsp3) is 0. The average Bonchev–Trinajstić information content (AvgIpc) is 3.75. The smallest absolute Gasteiger partial charge is 0.136 e. The molecular formula is C46H29NOS. The molecular weight excluding hydrogens is 615 g/mol. The third kappa shape index (κ3) is 4.55. The molecule has 230 valence electrons. The highest BCUT2D eigenvalue weighted by Gasteiger charge is 2.19. The van der Waals surface area contributed by atoms with E-state index in [0.29, 0.717) is 0 Å². The van der Waals surface area contributed by atoms with Crippen molar-refractivity contribution in [2.24, 2.45) is 0 Å². The zero-order valence-electron chi connectivity index (χ0n) is 26.5. The molecule has 8 aromatic carbocycles. The number of hydrogen-bond acceptors (Lipinski definition) is 3. The molecule has 0 atom stereocenters. The van der Waals surface area contributed by atoms with E-state index in [1.165, 1.54) is 53.2 Å². The van der Waals surface area contributed by atoms with E-state index < -0.39 is 0 Å². The van der Waals surface area contributed by atoms with Crippen LogP contribution in [0, 0.1) is 0 Å². The lowest BCUT2D eigenvalue weighted by Crippen LogP contribution is -2.11. The molecule has 0 aliphatic rings. The number of hydrogen-bond donors (Lipinski definition) is 0. The Morgan fingerprint density at radius 1 is 0.429 bits per heavy atom. The van der Waals surface area contributed by atoms with Crippen molar-refractivity contribution in [3.05, 3.63) is 176 Å². The zero-order chi connectivity index (χ0) is 32.3. The van der Waals surface area contributed by atoms with E-state index in [-0.39, 0.29) is 0 Å². The molecule has 0 fully saturated rings. The first-order valence-corrected chi connectivity index (χ1v) is 17.4. The van der Waals surface area contributed by atoms with Crippen molar-refractivity contribution in [1.82, 2.24) is 0 Å². The monoisotopic (exact) mass is 643 g/mol. The van der Waals surface area contributed by atoms with Crippen molar-refractivity contribution < 1.29 is 4.42 Å². The predicted octanol–water partition coefficient (Wildman–Crippen LogP) is 13.9. The first-order chi connectivity index (χ1) is 24.3. The number of rotatable bonds is 5. The van der Waals surface area contributed by atoms with Crippen LogP contribution in [0.4, 0.5) is 17.1 Å². The van der Waals surface area contributed by atoms with Crippen molar-refractivity contribution in [2.75, 3.05) is 4.90 Å². The number of benzene rings is 8. The van der Waals surface area contributed by atoms with E-state index >= 15 is 0 Å². The van der Waals surface area contributed by atoms with Crippen LogP contribution in [-0.4, -0.2) is 0 Å². The minimum absolute atomic E-state index is 0.914. The van der Waals surface area contributed by atoms with Crippen molar-refractivity contribution >= 4 is 81.3 Å². The van der Waals surface area contributed by atoms with E-state index in [9.17, 15) is 0 Å². The summed E-state index contributed by atoms with van der Waals surface area (Å²) in [7, 11) is 0. The molecule has 0 aliphatic heterocycles. The third-order valence-electron chi connectivity index (χ3n) is 9.67. The fourth-order valence-electron chi connectivity index (χ4n) is 7.40. The van der Waals surface area contributed by atoms with Crippen LogP contribution in [-0.2, 0) is 0 Å². The van der Waals surface area contributed by atoms with Gasteiger partial charge >= 0.3 is 0 Å². The number of nitrogens with zero attached hydrogens (tertiary/aromatic N) is 1. The predicted molar refractivity (Wildman–Crippen MR) is 210 cm³/mol. The Morgan fingerprint density at radius 2 is 1.12 bits per heavy atom. The number of para-hydroxylation sites is 2. The van der Waals surface area contributed by atoms with Gasteiger partial charge in [-0.25, -0.2) is 0 Å². The zero-order valence-corrected chi connectivity index (χ0v) is 27.3. The fourth-order valence-corrected chi connectivity index (χ4v) is 8.64. The average molecular weight is 644 g/mol. The van der Waals surface area contributed by atoms with Gasteiger partial charge in [0.1, 0.15) is 11.2 Å². The second kappa shape index (κ2) is 11.2. The van der Waals surface area contributed by atoms with E-state index in [1.807, 2.05) is 23.5 Å². The number of anilines is 3. The van der Waals surface area contributed by atoms with Gasteiger partial charge in [-0.2, -0.15) is 0 Å². The molecule has 10 rings (SSSR count). The molecule has 0 unspecified atom stereocenters. The largest absolute Gasteiger partial charge is 0.456 e. The number of thiophene rings is 1. The van der Waals surface area contributed by atoms with Crippen LogP contribution >= 0.6 is 11.3 Å². The summed E-state index contributed by atoms with van der Waals surface area (Å²) in [6.07, 6.45) is 0. The van der Waals surface area contributed by atoms with Crippen LogP contribution < -0.4 is 4.90 Å². The molecule has 0 spiro atoms. The molecule has 0 bridgehead atoms. The van der Waals surface area contributed by atoms with Gasteiger partial charge in [-0.3, -0.25) is 0 Å². The van der Waals surface area contributed by atoms with Crippen molar-refractivity contribution in [3.8, 4) is 22.3 Å². The molecule has 2 aromatic heterocycles. The van der Waals surface area contributed by atoms with E-state index in [1.54, 1.807) is 0 Å². The molecule has 49 heavy (non-hydrogen) atoms. The Kier molecular flexibility index (Phi) is 6.39. The lowest BCUT2D eigenvalue weighted by molar-refractivity contribution is 0.669. The maximum atomic E-state index is 6.22. The lowest BCUT2D eigenvalue weighted by atomic mass is 9.99. The van der Waals surface area contributed by atoms with Crippen LogP contribution in [0.2, 0.25) is 0 Å². The van der Waals surface area contributed by atoms with Crippen LogP contribution in [0.1, 0.15) is 0 Å². The standard InChI is InChI=1S/C46H29NOS/c1-2-11-30(12-3-1)35-13-4-7-18-41(35)47(34-26-27-36-32(29-34)23-28-43-45(36)40-15-5-8-19-42(40)48-43)33-24-21-31(22-25-33)37-16-10-17-39-38-14-6-9-20-44(38)49-46(37)39/h1-29H. The molecule has 0 saturated heterocycles. The maximum Gasteiger partial charge on any atom is 0.136 e. The summed E-state index contributed by atoms with van der Waals surface area (Å²) in [5, 5.41) is 7.31. The van der Waals surface area contributed by atoms with Crippen molar-refractivity contribution in [1.29, 1.82) is 0 Å². The third-order valence-corrected chi connectivity index (χ3v) is 10.9. The molecule has 0 amide bonds. The summed E-state index contributed by atoms with van der Waals surface area (Å²) >= 11 is 1.87. The molecule has 0 N–H and O–H groups in total. The van der Waals surface area contributed by atoms with Crippen molar-refractivity contribution in [2.45, 2.75) is 0 Å². The summed E-state index contributed by atoms with van der Waals surface area (Å²) in [6, 6.07) is 63.2. The lowest BCUT2D eigenvalue weighted by Gasteiger charge is -2.28. The highest BCUT2D eigenvalue weighted by molar-refractivity contribution is 7.26. The Hall–Kier alpha value is -6.16. The van der Waals surface area contributed by atoms with Crippen LogP contribution in [0.15, 0.2) is 180 Å².